The first-order chi connectivity index (χ1) is 5.57. The third-order valence-electron chi connectivity index (χ3n) is 2.73. The van der Waals surface area contributed by atoms with Gasteiger partial charge < -0.3 is 4.74 Å². The highest BCUT2D eigenvalue weighted by Gasteiger charge is 2.25. The van der Waals surface area contributed by atoms with Gasteiger partial charge in [0.1, 0.15) is 0 Å². The summed E-state index contributed by atoms with van der Waals surface area (Å²) in [6, 6.07) is 0. The van der Waals surface area contributed by atoms with Gasteiger partial charge in [-0.3, -0.25) is 0 Å². The summed E-state index contributed by atoms with van der Waals surface area (Å²) in [5, 5.41) is 0. The minimum atomic E-state index is -0.0358. The number of methoxy groups -OCH3 is 1. The Morgan fingerprint density at radius 3 is 2.67 bits per heavy atom. The highest BCUT2D eigenvalue weighted by atomic mass is 16.5. The molecule has 68 valence electrons. The van der Waals surface area contributed by atoms with Gasteiger partial charge in [0.15, 0.2) is 0 Å². The number of hydrogen-bond donors (Lipinski definition) is 0. The lowest BCUT2D eigenvalue weighted by Gasteiger charge is -2.31. The normalized spacial score (nSPS) is 35.1. The topological polar surface area (TPSA) is 9.23 Å². The summed E-state index contributed by atoms with van der Waals surface area (Å²) < 4.78 is 5.39. The molecule has 1 heteroatoms. The zero-order valence-corrected chi connectivity index (χ0v) is 8.26. The van der Waals surface area contributed by atoms with E-state index in [1.807, 2.05) is 0 Å². The Balaban J connectivity index is 2.64. The summed E-state index contributed by atoms with van der Waals surface area (Å²) in [6.07, 6.45) is 6.64. The Morgan fingerprint density at radius 1 is 1.67 bits per heavy atom. The molecule has 0 aromatic rings. The summed E-state index contributed by atoms with van der Waals surface area (Å²) in [5.74, 6) is 0.563. The highest BCUT2D eigenvalue weighted by Crippen LogP contribution is 2.30. The van der Waals surface area contributed by atoms with Gasteiger partial charge in [-0.25, -0.2) is 0 Å². The largest absolute Gasteiger partial charge is 0.374 e. The molecule has 1 aliphatic rings. The predicted molar refractivity (Wildman–Crippen MR) is 52.1 cm³/mol. The van der Waals surface area contributed by atoms with Crippen LogP contribution in [0.4, 0.5) is 0 Å². The van der Waals surface area contributed by atoms with E-state index in [4.69, 9.17) is 4.74 Å². The highest BCUT2D eigenvalue weighted by molar-refractivity contribution is 5.15. The SMILES string of the molecule is C=C(C)C1C=CC(C)(OC)CC1. The lowest BCUT2D eigenvalue weighted by molar-refractivity contribution is 0.0331. The van der Waals surface area contributed by atoms with E-state index in [9.17, 15) is 0 Å². The first-order valence-electron chi connectivity index (χ1n) is 4.47. The van der Waals surface area contributed by atoms with Gasteiger partial charge in [0, 0.05) is 7.11 Å². The van der Waals surface area contributed by atoms with Gasteiger partial charge >= 0.3 is 0 Å². The Morgan fingerprint density at radius 2 is 2.33 bits per heavy atom. The van der Waals surface area contributed by atoms with E-state index in [0.29, 0.717) is 5.92 Å². The molecule has 0 radical (unpaired) electrons. The predicted octanol–water partition coefficient (Wildman–Crippen LogP) is 2.93. The molecule has 1 nitrogen and oxygen atoms in total. The minimum absolute atomic E-state index is 0.0358. The molecule has 1 aliphatic carbocycles. The van der Waals surface area contributed by atoms with Crippen LogP contribution in [0.3, 0.4) is 0 Å². The molecule has 2 atom stereocenters. The summed E-state index contributed by atoms with van der Waals surface area (Å²) in [5.41, 5.74) is 1.22. The number of ether oxygens (including phenoxy) is 1. The van der Waals surface area contributed by atoms with E-state index in [0.717, 1.165) is 12.8 Å². The fraction of sp³-hybridized carbons (Fsp3) is 0.636. The van der Waals surface area contributed by atoms with Crippen LogP contribution in [0.25, 0.3) is 0 Å². The van der Waals surface area contributed by atoms with Crippen molar-refractivity contribution in [2.45, 2.75) is 32.3 Å². The Bertz CT molecular complexity index is 205. The average molecular weight is 166 g/mol. The fourth-order valence-electron chi connectivity index (χ4n) is 1.52. The lowest BCUT2D eigenvalue weighted by atomic mass is 9.83. The first kappa shape index (κ1) is 9.53. The van der Waals surface area contributed by atoms with Crippen molar-refractivity contribution >= 4 is 0 Å². The van der Waals surface area contributed by atoms with E-state index < -0.39 is 0 Å². The maximum absolute atomic E-state index is 5.39. The van der Waals surface area contributed by atoms with Crippen molar-refractivity contribution in [2.24, 2.45) is 5.92 Å². The van der Waals surface area contributed by atoms with Crippen LogP contribution in [-0.2, 0) is 4.74 Å². The Hall–Kier alpha value is -0.560. The monoisotopic (exact) mass is 166 g/mol. The van der Waals surface area contributed by atoms with Crippen LogP contribution in [0.5, 0.6) is 0 Å². The molecule has 0 saturated heterocycles. The summed E-state index contributed by atoms with van der Waals surface area (Å²) in [4.78, 5) is 0. The van der Waals surface area contributed by atoms with Gasteiger partial charge in [0.25, 0.3) is 0 Å². The number of rotatable bonds is 2. The van der Waals surface area contributed by atoms with E-state index >= 15 is 0 Å². The molecule has 0 aliphatic heterocycles. The van der Waals surface area contributed by atoms with Gasteiger partial charge in [-0.15, -0.1) is 0 Å². The van der Waals surface area contributed by atoms with Crippen LogP contribution < -0.4 is 0 Å². The van der Waals surface area contributed by atoms with Gasteiger partial charge in [-0.05, 0) is 32.6 Å². The van der Waals surface area contributed by atoms with Crippen LogP contribution in [0.1, 0.15) is 26.7 Å². The lowest BCUT2D eigenvalue weighted by Crippen LogP contribution is -2.28. The van der Waals surface area contributed by atoms with Crippen molar-refractivity contribution in [3.05, 3.63) is 24.3 Å². The zero-order valence-electron chi connectivity index (χ0n) is 8.26. The van der Waals surface area contributed by atoms with Gasteiger partial charge in [0.05, 0.1) is 5.60 Å². The maximum atomic E-state index is 5.39. The van der Waals surface area contributed by atoms with Crippen molar-refractivity contribution in [3.8, 4) is 0 Å². The van der Waals surface area contributed by atoms with Gasteiger partial charge in [-0.2, -0.15) is 0 Å². The Labute approximate surface area is 75.1 Å². The third kappa shape index (κ3) is 1.98. The molecule has 0 bridgehead atoms. The summed E-state index contributed by atoms with van der Waals surface area (Å²) in [7, 11) is 1.77. The molecule has 1 rings (SSSR count). The molecular weight excluding hydrogens is 148 g/mol. The molecular formula is C11H18O. The van der Waals surface area contributed by atoms with Crippen LogP contribution in [0.15, 0.2) is 24.3 Å². The van der Waals surface area contributed by atoms with E-state index in [-0.39, 0.29) is 5.60 Å². The molecule has 0 saturated carbocycles. The minimum Gasteiger partial charge on any atom is -0.374 e. The van der Waals surface area contributed by atoms with Crippen molar-refractivity contribution < 1.29 is 4.74 Å². The van der Waals surface area contributed by atoms with E-state index in [1.165, 1.54) is 5.57 Å². The number of hydrogen-bond acceptors (Lipinski definition) is 1. The molecule has 12 heavy (non-hydrogen) atoms. The Kier molecular flexibility index (Phi) is 2.73. The van der Waals surface area contributed by atoms with E-state index in [2.05, 4.69) is 32.6 Å². The first-order valence-corrected chi connectivity index (χ1v) is 4.47. The smallest absolute Gasteiger partial charge is 0.0831 e. The standard InChI is InChI=1S/C11H18O/c1-9(2)10-5-7-11(3,12-4)8-6-10/h5,7,10H,1,6,8H2,2-4H3. The van der Waals surface area contributed by atoms with Crippen molar-refractivity contribution in [1.82, 2.24) is 0 Å². The molecule has 0 aromatic carbocycles. The van der Waals surface area contributed by atoms with Crippen molar-refractivity contribution in [1.29, 1.82) is 0 Å². The second kappa shape index (κ2) is 3.44. The summed E-state index contributed by atoms with van der Waals surface area (Å²) in [6.45, 7) is 8.17. The summed E-state index contributed by atoms with van der Waals surface area (Å²) >= 11 is 0. The number of allylic oxidation sites excluding steroid dienone is 2. The molecule has 0 N–H and O–H groups in total. The van der Waals surface area contributed by atoms with Crippen LogP contribution in [0.2, 0.25) is 0 Å². The maximum Gasteiger partial charge on any atom is 0.0831 e. The third-order valence-corrected chi connectivity index (χ3v) is 2.73. The van der Waals surface area contributed by atoms with E-state index in [1.54, 1.807) is 7.11 Å². The molecule has 0 spiro atoms. The quantitative estimate of drug-likeness (QED) is 0.573. The average Bonchev–Trinajstić information content (AvgIpc) is 2.05. The van der Waals surface area contributed by atoms with Crippen LogP contribution >= 0.6 is 0 Å². The molecule has 0 aromatic heterocycles. The van der Waals surface area contributed by atoms with Gasteiger partial charge in [-0.1, -0.05) is 24.3 Å². The van der Waals surface area contributed by atoms with Crippen LogP contribution in [0, 0.1) is 5.92 Å². The molecule has 2 unspecified atom stereocenters. The van der Waals surface area contributed by atoms with Gasteiger partial charge in [0.2, 0.25) is 0 Å². The fourth-order valence-corrected chi connectivity index (χ4v) is 1.52. The second-order valence-corrected chi connectivity index (χ2v) is 3.87. The molecule has 0 amide bonds. The molecule has 0 fully saturated rings. The van der Waals surface area contributed by atoms with Crippen molar-refractivity contribution in [2.75, 3.05) is 7.11 Å². The van der Waals surface area contributed by atoms with Crippen LogP contribution in [-0.4, -0.2) is 12.7 Å². The zero-order chi connectivity index (χ0) is 9.19. The molecule has 0 heterocycles. The van der Waals surface area contributed by atoms with Crippen molar-refractivity contribution in [3.63, 3.8) is 0 Å². The second-order valence-electron chi connectivity index (χ2n) is 3.87.